The summed E-state index contributed by atoms with van der Waals surface area (Å²) < 4.78 is 31.6. The van der Waals surface area contributed by atoms with Crippen molar-refractivity contribution in [2.45, 2.75) is 19.7 Å². The number of hydrogen-bond donors (Lipinski definition) is 0. The van der Waals surface area contributed by atoms with E-state index in [-0.39, 0.29) is 11.6 Å². The quantitative estimate of drug-likeness (QED) is 0.680. The molecule has 0 saturated carbocycles. The van der Waals surface area contributed by atoms with E-state index < -0.39 is 11.6 Å². The van der Waals surface area contributed by atoms with Gasteiger partial charge in [0.15, 0.2) is 11.5 Å². The van der Waals surface area contributed by atoms with E-state index in [1.54, 1.807) is 25.6 Å². The van der Waals surface area contributed by atoms with Crippen LogP contribution in [-0.4, -0.2) is 19.3 Å². The molecule has 0 fully saturated rings. The van der Waals surface area contributed by atoms with Gasteiger partial charge in [-0.3, -0.25) is 4.57 Å². The van der Waals surface area contributed by atoms with Crippen molar-refractivity contribution in [3.05, 3.63) is 40.8 Å². The van der Waals surface area contributed by atoms with Crippen LogP contribution in [0.2, 0.25) is 0 Å². The largest absolute Gasteiger partial charge is 0.274 e. The number of imidazole rings is 1. The van der Waals surface area contributed by atoms with E-state index in [0.717, 1.165) is 0 Å². The lowest BCUT2D eigenvalue weighted by atomic mass is 10.2. The predicted octanol–water partition coefficient (Wildman–Crippen LogP) is 3.39. The Labute approximate surface area is 125 Å². The predicted molar refractivity (Wildman–Crippen MR) is 76.8 cm³/mol. The first-order chi connectivity index (χ1) is 9.95. The third-order valence-electron chi connectivity index (χ3n) is 3.47. The zero-order valence-electron chi connectivity index (χ0n) is 11.8. The molecule has 3 aromatic rings. The first-order valence-corrected chi connectivity index (χ1v) is 6.91. The maximum absolute atomic E-state index is 14.4. The molecule has 0 N–H and O–H groups in total. The van der Waals surface area contributed by atoms with Crippen LogP contribution in [0, 0.1) is 25.5 Å². The first-order valence-electron chi connectivity index (χ1n) is 6.37. The smallest absolute Gasteiger partial charge is 0.163 e. The van der Waals surface area contributed by atoms with Gasteiger partial charge in [-0.2, -0.15) is 5.10 Å². The highest BCUT2D eigenvalue weighted by Crippen LogP contribution is 2.28. The molecule has 110 valence electrons. The van der Waals surface area contributed by atoms with Gasteiger partial charge in [-0.1, -0.05) is 6.07 Å². The van der Waals surface area contributed by atoms with Crippen molar-refractivity contribution in [1.82, 2.24) is 19.3 Å². The van der Waals surface area contributed by atoms with Crippen LogP contribution in [0.1, 0.15) is 17.1 Å². The molecule has 0 radical (unpaired) electrons. The van der Waals surface area contributed by atoms with Crippen molar-refractivity contribution in [2.75, 3.05) is 0 Å². The molecule has 0 bridgehead atoms. The number of benzene rings is 1. The Kier molecular flexibility index (Phi) is 3.20. The second kappa shape index (κ2) is 4.80. The van der Waals surface area contributed by atoms with E-state index >= 15 is 0 Å². The molecule has 0 aliphatic carbocycles. The molecule has 0 aliphatic rings. The Balaban J connectivity index is 2.48. The monoisotopic (exact) mass is 310 g/mol. The number of fused-ring (bicyclic) bond motifs is 1. The fraction of sp³-hybridized carbons (Fsp3) is 0.286. The Bertz CT molecular complexity index is 851. The molecule has 0 spiro atoms. The van der Waals surface area contributed by atoms with Crippen molar-refractivity contribution in [1.29, 1.82) is 0 Å². The van der Waals surface area contributed by atoms with Gasteiger partial charge in [0.2, 0.25) is 0 Å². The summed E-state index contributed by atoms with van der Waals surface area (Å²) in [5.41, 5.74) is 1.98. The standard InChI is InChI=1S/C14H13ClF2N4/c1-7-4-5-9(16)13(11(7)17)21-10(6-15)18-12-8(2)19-20(3)14(12)21/h4-5H,6H2,1-3H3. The molecule has 3 rings (SSSR count). The Morgan fingerprint density at radius 2 is 1.95 bits per heavy atom. The molecule has 7 heteroatoms. The number of alkyl halides is 1. The van der Waals surface area contributed by atoms with E-state index in [9.17, 15) is 8.78 Å². The molecular weight excluding hydrogens is 298 g/mol. The summed E-state index contributed by atoms with van der Waals surface area (Å²) in [5.74, 6) is -0.866. The summed E-state index contributed by atoms with van der Waals surface area (Å²) in [5, 5.41) is 4.24. The SMILES string of the molecule is Cc1ccc(F)c(-n2c(CCl)nc3c(C)nn(C)c32)c1F. The van der Waals surface area contributed by atoms with Gasteiger partial charge in [-0.15, -0.1) is 11.6 Å². The lowest BCUT2D eigenvalue weighted by molar-refractivity contribution is 0.561. The number of rotatable bonds is 2. The molecule has 21 heavy (non-hydrogen) atoms. The van der Waals surface area contributed by atoms with Gasteiger partial charge in [-0.05, 0) is 25.5 Å². The van der Waals surface area contributed by atoms with Gasteiger partial charge in [0.25, 0.3) is 0 Å². The van der Waals surface area contributed by atoms with E-state index in [2.05, 4.69) is 10.1 Å². The van der Waals surface area contributed by atoms with Gasteiger partial charge in [0, 0.05) is 7.05 Å². The zero-order valence-corrected chi connectivity index (χ0v) is 12.5. The van der Waals surface area contributed by atoms with Crippen molar-refractivity contribution >= 4 is 22.8 Å². The summed E-state index contributed by atoms with van der Waals surface area (Å²) in [4.78, 5) is 4.35. The Hall–Kier alpha value is -1.95. The highest BCUT2D eigenvalue weighted by Gasteiger charge is 2.23. The molecule has 2 heterocycles. The van der Waals surface area contributed by atoms with Crippen LogP contribution in [0.3, 0.4) is 0 Å². The summed E-state index contributed by atoms with van der Waals surface area (Å²) in [6.07, 6.45) is 0. The van der Waals surface area contributed by atoms with Crippen LogP contribution >= 0.6 is 11.6 Å². The van der Waals surface area contributed by atoms with Crippen LogP contribution in [0.5, 0.6) is 0 Å². The number of aromatic nitrogens is 4. The van der Waals surface area contributed by atoms with Gasteiger partial charge in [0.05, 0.1) is 11.6 Å². The number of aryl methyl sites for hydroxylation is 3. The van der Waals surface area contributed by atoms with Gasteiger partial charge in [0.1, 0.15) is 22.8 Å². The molecule has 0 saturated heterocycles. The van der Waals surface area contributed by atoms with Crippen molar-refractivity contribution in [3.63, 3.8) is 0 Å². The summed E-state index contributed by atoms with van der Waals surface area (Å²) in [6, 6.07) is 2.64. The van der Waals surface area contributed by atoms with Crippen molar-refractivity contribution in [2.24, 2.45) is 7.05 Å². The van der Waals surface area contributed by atoms with Gasteiger partial charge < -0.3 is 0 Å². The van der Waals surface area contributed by atoms with Gasteiger partial charge >= 0.3 is 0 Å². The number of halogens is 3. The fourth-order valence-electron chi connectivity index (χ4n) is 2.49. The molecule has 0 aliphatic heterocycles. The zero-order chi connectivity index (χ0) is 15.3. The maximum Gasteiger partial charge on any atom is 0.163 e. The molecular formula is C14H13ClF2N4. The third-order valence-corrected chi connectivity index (χ3v) is 3.71. The summed E-state index contributed by atoms with van der Waals surface area (Å²) in [7, 11) is 1.71. The molecule has 0 amide bonds. The topological polar surface area (TPSA) is 35.6 Å². The van der Waals surface area contributed by atoms with E-state index in [1.165, 1.54) is 16.7 Å². The van der Waals surface area contributed by atoms with Crippen LogP contribution in [-0.2, 0) is 12.9 Å². The van der Waals surface area contributed by atoms with Crippen LogP contribution < -0.4 is 0 Å². The average molecular weight is 311 g/mol. The minimum Gasteiger partial charge on any atom is -0.274 e. The van der Waals surface area contributed by atoms with Crippen LogP contribution in [0.25, 0.3) is 16.9 Å². The first kappa shape index (κ1) is 14.0. The van der Waals surface area contributed by atoms with E-state index in [4.69, 9.17) is 11.6 Å². The lowest BCUT2D eigenvalue weighted by Gasteiger charge is -2.12. The fourth-order valence-corrected chi connectivity index (χ4v) is 2.67. The highest BCUT2D eigenvalue weighted by atomic mass is 35.5. The minimum atomic E-state index is -0.664. The average Bonchev–Trinajstić information content (AvgIpc) is 2.94. The highest BCUT2D eigenvalue weighted by molar-refractivity contribution is 6.17. The van der Waals surface area contributed by atoms with Crippen molar-refractivity contribution in [3.8, 4) is 5.69 Å². The van der Waals surface area contributed by atoms with E-state index in [1.807, 2.05) is 0 Å². The van der Waals surface area contributed by atoms with E-state index in [0.29, 0.717) is 28.2 Å². The Morgan fingerprint density at radius 1 is 1.24 bits per heavy atom. The summed E-state index contributed by atoms with van der Waals surface area (Å²) >= 11 is 5.90. The van der Waals surface area contributed by atoms with Crippen LogP contribution in [0.4, 0.5) is 8.78 Å². The molecule has 2 aromatic heterocycles. The third kappa shape index (κ3) is 1.93. The minimum absolute atomic E-state index is 0.0426. The van der Waals surface area contributed by atoms with Gasteiger partial charge in [-0.25, -0.2) is 18.4 Å². The molecule has 0 unspecified atom stereocenters. The lowest BCUT2D eigenvalue weighted by Crippen LogP contribution is -2.09. The Morgan fingerprint density at radius 3 is 2.62 bits per heavy atom. The maximum atomic E-state index is 14.4. The number of hydrogen-bond acceptors (Lipinski definition) is 2. The van der Waals surface area contributed by atoms with Crippen LogP contribution in [0.15, 0.2) is 12.1 Å². The second-order valence-corrected chi connectivity index (χ2v) is 5.17. The second-order valence-electron chi connectivity index (χ2n) is 4.91. The van der Waals surface area contributed by atoms with Crippen molar-refractivity contribution < 1.29 is 8.78 Å². The molecule has 0 atom stereocenters. The number of nitrogens with zero attached hydrogens (tertiary/aromatic N) is 4. The molecule has 1 aromatic carbocycles. The normalized spacial score (nSPS) is 11.5. The molecule has 4 nitrogen and oxygen atoms in total. The summed E-state index contributed by atoms with van der Waals surface area (Å²) in [6.45, 7) is 3.38.